The quantitative estimate of drug-likeness (QED) is 0.788. The Labute approximate surface area is 107 Å². The van der Waals surface area contributed by atoms with Crippen molar-refractivity contribution in [3.8, 4) is 0 Å². The van der Waals surface area contributed by atoms with Gasteiger partial charge in [-0.15, -0.1) is 0 Å². The molecular weight excluding hydrogens is 230 g/mol. The van der Waals surface area contributed by atoms with Crippen LogP contribution in [-0.2, 0) is 4.74 Å². The molecule has 0 saturated carbocycles. The number of ether oxygens (including phenoxy) is 1. The minimum Gasteiger partial charge on any atom is -0.397 e. The molecule has 1 aromatic rings. The zero-order chi connectivity index (χ0) is 13.1. The van der Waals surface area contributed by atoms with E-state index in [1.807, 2.05) is 30.0 Å². The summed E-state index contributed by atoms with van der Waals surface area (Å²) in [6.45, 7) is 2.53. The number of hydrogen-bond donors (Lipinski definition) is 1. The van der Waals surface area contributed by atoms with Gasteiger partial charge in [0.1, 0.15) is 0 Å². The summed E-state index contributed by atoms with van der Waals surface area (Å²) in [5, 5.41) is 0. The summed E-state index contributed by atoms with van der Waals surface area (Å²) in [6.07, 6.45) is 0. The summed E-state index contributed by atoms with van der Waals surface area (Å²) in [6, 6.07) is 5.40. The van der Waals surface area contributed by atoms with E-state index in [9.17, 15) is 4.79 Å². The van der Waals surface area contributed by atoms with E-state index in [2.05, 4.69) is 0 Å². The fourth-order valence-electron chi connectivity index (χ4n) is 2.01. The SMILES string of the molecule is CN(C)c1cc(C(=O)N2CCOCC2)ccc1N. The molecule has 0 atom stereocenters. The van der Waals surface area contributed by atoms with Crippen LogP contribution in [0.15, 0.2) is 18.2 Å². The van der Waals surface area contributed by atoms with E-state index >= 15 is 0 Å². The van der Waals surface area contributed by atoms with Crippen LogP contribution in [0.3, 0.4) is 0 Å². The first kappa shape index (κ1) is 12.7. The molecule has 1 saturated heterocycles. The first-order chi connectivity index (χ1) is 8.59. The summed E-state index contributed by atoms with van der Waals surface area (Å²) in [7, 11) is 3.82. The van der Waals surface area contributed by atoms with Gasteiger partial charge >= 0.3 is 0 Å². The van der Waals surface area contributed by atoms with Crippen LogP contribution in [0.25, 0.3) is 0 Å². The molecule has 1 heterocycles. The van der Waals surface area contributed by atoms with Crippen molar-refractivity contribution >= 4 is 17.3 Å². The Kier molecular flexibility index (Phi) is 3.72. The van der Waals surface area contributed by atoms with Crippen molar-refractivity contribution in [1.29, 1.82) is 0 Å². The third kappa shape index (κ3) is 2.56. The van der Waals surface area contributed by atoms with E-state index in [1.165, 1.54) is 0 Å². The Morgan fingerprint density at radius 3 is 2.61 bits per heavy atom. The van der Waals surface area contributed by atoms with Gasteiger partial charge in [-0.3, -0.25) is 4.79 Å². The van der Waals surface area contributed by atoms with Gasteiger partial charge in [0.25, 0.3) is 5.91 Å². The monoisotopic (exact) mass is 249 g/mol. The Bertz CT molecular complexity index is 440. The van der Waals surface area contributed by atoms with Crippen LogP contribution in [0, 0.1) is 0 Å². The second-order valence-electron chi connectivity index (χ2n) is 4.57. The van der Waals surface area contributed by atoms with Gasteiger partial charge in [-0.2, -0.15) is 0 Å². The van der Waals surface area contributed by atoms with Crippen LogP contribution in [0.5, 0.6) is 0 Å². The van der Waals surface area contributed by atoms with Crippen LogP contribution in [0.4, 0.5) is 11.4 Å². The molecule has 1 aliphatic rings. The molecule has 18 heavy (non-hydrogen) atoms. The molecule has 1 amide bonds. The van der Waals surface area contributed by atoms with Gasteiger partial charge < -0.3 is 20.3 Å². The van der Waals surface area contributed by atoms with Gasteiger partial charge in [0.15, 0.2) is 0 Å². The number of nitrogens with two attached hydrogens (primary N) is 1. The van der Waals surface area contributed by atoms with Gasteiger partial charge in [0.2, 0.25) is 0 Å². The predicted octanol–water partition coefficient (Wildman–Crippen LogP) is 0.807. The number of anilines is 2. The van der Waals surface area contributed by atoms with Crippen molar-refractivity contribution in [2.75, 3.05) is 51.0 Å². The summed E-state index contributed by atoms with van der Waals surface area (Å²) < 4.78 is 5.24. The molecule has 5 heteroatoms. The number of rotatable bonds is 2. The van der Waals surface area contributed by atoms with Crippen LogP contribution in [-0.4, -0.2) is 51.2 Å². The average Bonchev–Trinajstić information content (AvgIpc) is 2.39. The van der Waals surface area contributed by atoms with Crippen molar-refractivity contribution < 1.29 is 9.53 Å². The number of carbonyl (C=O) groups excluding carboxylic acids is 1. The lowest BCUT2D eigenvalue weighted by molar-refractivity contribution is 0.0303. The zero-order valence-electron chi connectivity index (χ0n) is 10.8. The fourth-order valence-corrected chi connectivity index (χ4v) is 2.01. The first-order valence-corrected chi connectivity index (χ1v) is 6.03. The Balaban J connectivity index is 2.22. The standard InChI is InChI=1S/C13H19N3O2/c1-15(2)12-9-10(3-4-11(12)14)13(17)16-5-7-18-8-6-16/h3-4,9H,5-8,14H2,1-2H3. The normalized spacial score (nSPS) is 15.6. The Morgan fingerprint density at radius 2 is 2.00 bits per heavy atom. The van der Waals surface area contributed by atoms with E-state index in [0.717, 1.165) is 5.69 Å². The number of benzene rings is 1. The minimum atomic E-state index is 0.0430. The highest BCUT2D eigenvalue weighted by Crippen LogP contribution is 2.23. The maximum atomic E-state index is 12.3. The molecule has 0 aliphatic carbocycles. The van der Waals surface area contributed by atoms with Gasteiger partial charge in [0.05, 0.1) is 24.6 Å². The van der Waals surface area contributed by atoms with E-state index < -0.39 is 0 Å². The van der Waals surface area contributed by atoms with Crippen LogP contribution >= 0.6 is 0 Å². The summed E-state index contributed by atoms with van der Waals surface area (Å²) >= 11 is 0. The highest BCUT2D eigenvalue weighted by molar-refractivity contribution is 5.96. The van der Waals surface area contributed by atoms with Gasteiger partial charge in [0, 0.05) is 32.7 Å². The molecule has 0 aromatic heterocycles. The van der Waals surface area contributed by atoms with Crippen molar-refractivity contribution in [3.63, 3.8) is 0 Å². The van der Waals surface area contributed by atoms with Crippen molar-refractivity contribution in [3.05, 3.63) is 23.8 Å². The molecule has 98 valence electrons. The maximum Gasteiger partial charge on any atom is 0.254 e. The second kappa shape index (κ2) is 5.27. The summed E-state index contributed by atoms with van der Waals surface area (Å²) in [5.41, 5.74) is 8.11. The highest BCUT2D eigenvalue weighted by atomic mass is 16.5. The summed E-state index contributed by atoms with van der Waals surface area (Å²) in [5.74, 6) is 0.0430. The smallest absolute Gasteiger partial charge is 0.254 e. The van der Waals surface area contributed by atoms with E-state index in [-0.39, 0.29) is 5.91 Å². The molecule has 1 fully saturated rings. The van der Waals surface area contributed by atoms with Crippen molar-refractivity contribution in [2.45, 2.75) is 0 Å². The first-order valence-electron chi connectivity index (χ1n) is 6.03. The van der Waals surface area contributed by atoms with Gasteiger partial charge in [-0.05, 0) is 18.2 Å². The molecule has 2 rings (SSSR count). The number of morpholine rings is 1. The average molecular weight is 249 g/mol. The van der Waals surface area contributed by atoms with Gasteiger partial charge in [-0.1, -0.05) is 0 Å². The van der Waals surface area contributed by atoms with Crippen LogP contribution < -0.4 is 10.6 Å². The second-order valence-corrected chi connectivity index (χ2v) is 4.57. The molecular formula is C13H19N3O2. The lowest BCUT2D eigenvalue weighted by Crippen LogP contribution is -2.40. The third-order valence-electron chi connectivity index (χ3n) is 3.06. The largest absolute Gasteiger partial charge is 0.397 e. The van der Waals surface area contributed by atoms with Crippen molar-refractivity contribution in [1.82, 2.24) is 4.90 Å². The molecule has 1 aromatic carbocycles. The number of amides is 1. The van der Waals surface area contributed by atoms with E-state index in [0.29, 0.717) is 37.6 Å². The van der Waals surface area contributed by atoms with Crippen molar-refractivity contribution in [2.24, 2.45) is 0 Å². The minimum absolute atomic E-state index is 0.0430. The maximum absolute atomic E-state index is 12.3. The summed E-state index contributed by atoms with van der Waals surface area (Å²) in [4.78, 5) is 16.0. The van der Waals surface area contributed by atoms with Crippen LogP contribution in [0.2, 0.25) is 0 Å². The molecule has 0 radical (unpaired) electrons. The topological polar surface area (TPSA) is 58.8 Å². The Morgan fingerprint density at radius 1 is 1.33 bits per heavy atom. The fraction of sp³-hybridized carbons (Fsp3) is 0.462. The molecule has 2 N–H and O–H groups in total. The van der Waals surface area contributed by atoms with E-state index in [1.54, 1.807) is 12.1 Å². The number of hydrogen-bond acceptors (Lipinski definition) is 4. The highest BCUT2D eigenvalue weighted by Gasteiger charge is 2.19. The predicted molar refractivity (Wildman–Crippen MR) is 71.9 cm³/mol. The molecule has 0 unspecified atom stereocenters. The number of carbonyl (C=O) groups is 1. The molecule has 1 aliphatic heterocycles. The Hall–Kier alpha value is -1.75. The molecule has 0 spiro atoms. The molecule has 0 bridgehead atoms. The lowest BCUT2D eigenvalue weighted by atomic mass is 10.1. The number of nitrogen functional groups attached to an aromatic ring is 1. The van der Waals surface area contributed by atoms with Crippen LogP contribution in [0.1, 0.15) is 10.4 Å². The number of nitrogens with zero attached hydrogens (tertiary/aromatic N) is 2. The van der Waals surface area contributed by atoms with E-state index in [4.69, 9.17) is 10.5 Å². The zero-order valence-corrected chi connectivity index (χ0v) is 10.8. The van der Waals surface area contributed by atoms with Gasteiger partial charge in [-0.25, -0.2) is 0 Å². The third-order valence-corrected chi connectivity index (χ3v) is 3.06. The lowest BCUT2D eigenvalue weighted by Gasteiger charge is -2.27. The molecule has 5 nitrogen and oxygen atoms in total.